The molecule has 1 aliphatic rings. The van der Waals surface area contributed by atoms with Crippen LogP contribution in [0.2, 0.25) is 0 Å². The zero-order valence-corrected chi connectivity index (χ0v) is 39.0. The average Bonchev–Trinajstić information content (AvgIpc) is 3.71. The van der Waals surface area contributed by atoms with E-state index in [4.69, 9.17) is 19.2 Å². The number of rotatable bonds is 18. The first-order valence-corrected chi connectivity index (χ1v) is 22.0. The molecule has 5 rings (SSSR count). The molecule has 5 atom stereocenters. The Morgan fingerprint density at radius 1 is 0.879 bits per heavy atom. The zero-order valence-electron chi connectivity index (χ0n) is 39.0. The Bertz CT molecular complexity index is 2390. The van der Waals surface area contributed by atoms with Crippen LogP contribution >= 0.6 is 0 Å². The van der Waals surface area contributed by atoms with Crippen molar-refractivity contribution < 1.29 is 47.8 Å². The number of likely N-dealkylation sites (tertiary alicyclic amines) is 1. The van der Waals surface area contributed by atoms with Crippen molar-refractivity contribution in [2.75, 3.05) is 34.3 Å². The Hall–Kier alpha value is -7.04. The van der Waals surface area contributed by atoms with Gasteiger partial charge in [0.05, 0.1) is 37.5 Å². The molecular formula is C49H61N7O10. The maximum absolute atomic E-state index is 14.6. The van der Waals surface area contributed by atoms with Crippen LogP contribution in [-0.4, -0.2) is 120 Å². The number of hydrogen-bond donors (Lipinski definition) is 4. The van der Waals surface area contributed by atoms with Crippen LogP contribution in [-0.2, 0) is 33.5 Å². The predicted molar refractivity (Wildman–Crippen MR) is 247 cm³/mol. The minimum absolute atomic E-state index is 0.0247. The number of carbonyl (C=O) groups excluding carboxylic acids is 7. The summed E-state index contributed by atoms with van der Waals surface area (Å²) < 4.78 is 17.6. The Kier molecular flexibility index (Phi) is 16.8. The number of fused-ring (bicyclic) bond motifs is 1. The lowest BCUT2D eigenvalue weighted by molar-refractivity contribution is -0.143. The number of pyridine rings is 1. The van der Waals surface area contributed by atoms with E-state index < -0.39 is 89.7 Å². The summed E-state index contributed by atoms with van der Waals surface area (Å²) in [6.45, 7) is 9.64. The molecule has 4 aromatic rings. The van der Waals surface area contributed by atoms with Crippen molar-refractivity contribution in [1.29, 1.82) is 0 Å². The van der Waals surface area contributed by atoms with Gasteiger partial charge in [0.1, 0.15) is 41.3 Å². The van der Waals surface area contributed by atoms with Crippen molar-refractivity contribution in [1.82, 2.24) is 36.1 Å². The molecule has 4 N–H and O–H groups in total. The highest BCUT2D eigenvalue weighted by Gasteiger charge is 2.45. The van der Waals surface area contributed by atoms with E-state index in [1.54, 1.807) is 111 Å². The zero-order chi connectivity index (χ0) is 48.3. The van der Waals surface area contributed by atoms with Crippen molar-refractivity contribution in [3.05, 3.63) is 90.5 Å². The molecule has 0 radical (unpaired) electrons. The molecule has 1 aromatic heterocycles. The fourth-order valence-electron chi connectivity index (χ4n) is 7.47. The number of nitrogens with zero attached hydrogens (tertiary/aromatic N) is 3. The smallest absolute Gasteiger partial charge is 0.408 e. The molecule has 1 saturated heterocycles. The first-order chi connectivity index (χ1) is 31.3. The van der Waals surface area contributed by atoms with Crippen molar-refractivity contribution in [3.8, 4) is 22.8 Å². The van der Waals surface area contributed by atoms with Gasteiger partial charge in [0.15, 0.2) is 0 Å². The van der Waals surface area contributed by atoms with Crippen molar-refractivity contribution >= 4 is 52.3 Å². The summed E-state index contributed by atoms with van der Waals surface area (Å²) in [5.41, 5.74) is 1.70. The fourth-order valence-corrected chi connectivity index (χ4v) is 7.47. The summed E-state index contributed by atoms with van der Waals surface area (Å²) >= 11 is 0. The number of nitrogens with one attached hydrogen (secondary N) is 4. The van der Waals surface area contributed by atoms with Gasteiger partial charge in [-0.25, -0.2) is 9.78 Å². The van der Waals surface area contributed by atoms with Gasteiger partial charge in [-0.3, -0.25) is 28.8 Å². The maximum Gasteiger partial charge on any atom is 0.408 e. The molecule has 0 saturated carbocycles. The van der Waals surface area contributed by atoms with Gasteiger partial charge in [0.25, 0.3) is 5.91 Å². The van der Waals surface area contributed by atoms with E-state index in [1.165, 1.54) is 9.80 Å². The van der Waals surface area contributed by atoms with Crippen LogP contribution in [0, 0.1) is 5.92 Å². The quantitative estimate of drug-likeness (QED) is 0.100. The van der Waals surface area contributed by atoms with Gasteiger partial charge < -0.3 is 45.3 Å². The topological polar surface area (TPSA) is 215 Å². The Morgan fingerprint density at radius 2 is 1.55 bits per heavy atom. The SMILES string of the molecule is CCCC(NC(=O)[C@@H]1C[C@@H](Oc2cc(-c3ccccc3)nc3cc(OC)ccc23)CN1C(=O)[C@@H](NC(=O)OC(C)(C)C)C(C)C)C(=O)C(=O)NCC(=O)N[C@H](C(=O)N(C)C)c1ccccc1. The normalized spacial score (nSPS) is 16.1. The van der Waals surface area contributed by atoms with Crippen LogP contribution in [0.1, 0.15) is 72.4 Å². The number of likely N-dealkylation sites (N-methyl/N-ethyl adjacent to an activating group) is 1. The number of carbonyl (C=O) groups is 7. The molecule has 1 fully saturated rings. The van der Waals surface area contributed by atoms with Crippen LogP contribution in [0.5, 0.6) is 11.5 Å². The van der Waals surface area contributed by atoms with Crippen molar-refractivity contribution in [3.63, 3.8) is 0 Å². The lowest BCUT2D eigenvalue weighted by atomic mass is 10.0. The molecule has 0 aliphatic carbocycles. The number of methoxy groups -OCH3 is 1. The Balaban J connectivity index is 1.39. The van der Waals surface area contributed by atoms with Crippen LogP contribution in [0.15, 0.2) is 84.9 Å². The summed E-state index contributed by atoms with van der Waals surface area (Å²) in [7, 11) is 4.65. The third kappa shape index (κ3) is 13.0. The lowest BCUT2D eigenvalue weighted by Gasteiger charge is -2.31. The fraction of sp³-hybridized carbons (Fsp3) is 0.429. The highest BCUT2D eigenvalue weighted by atomic mass is 16.6. The molecule has 0 spiro atoms. The molecule has 2 heterocycles. The molecule has 6 amide bonds. The van der Waals surface area contributed by atoms with E-state index >= 15 is 0 Å². The van der Waals surface area contributed by atoms with Crippen molar-refractivity contribution in [2.24, 2.45) is 5.92 Å². The predicted octanol–water partition coefficient (Wildman–Crippen LogP) is 4.72. The number of hydrogen-bond acceptors (Lipinski definition) is 11. The number of amides is 6. The first-order valence-electron chi connectivity index (χ1n) is 22.0. The summed E-state index contributed by atoms with van der Waals surface area (Å²) in [4.78, 5) is 103. The number of ketones is 1. The lowest BCUT2D eigenvalue weighted by Crippen LogP contribution is -2.57. The summed E-state index contributed by atoms with van der Waals surface area (Å²) in [6.07, 6.45) is -1.17. The molecule has 17 nitrogen and oxygen atoms in total. The van der Waals surface area contributed by atoms with Gasteiger partial charge in [-0.1, -0.05) is 87.9 Å². The minimum atomic E-state index is -1.33. The maximum atomic E-state index is 14.6. The van der Waals surface area contributed by atoms with E-state index in [-0.39, 0.29) is 19.4 Å². The van der Waals surface area contributed by atoms with Gasteiger partial charge in [-0.05, 0) is 50.8 Å². The summed E-state index contributed by atoms with van der Waals surface area (Å²) in [6, 6.07) is 20.5. The number of Topliss-reactive ketones (excluding diaryl/α,β-unsaturated/α-hetero) is 1. The molecular weight excluding hydrogens is 847 g/mol. The van der Waals surface area contributed by atoms with Crippen LogP contribution in [0.3, 0.4) is 0 Å². The summed E-state index contributed by atoms with van der Waals surface area (Å²) in [5, 5.41) is 11.0. The second kappa shape index (κ2) is 22.2. The third-order valence-corrected chi connectivity index (χ3v) is 10.8. The Labute approximate surface area is 385 Å². The van der Waals surface area contributed by atoms with E-state index in [0.29, 0.717) is 40.1 Å². The van der Waals surface area contributed by atoms with E-state index in [0.717, 1.165) is 5.56 Å². The molecule has 1 unspecified atom stereocenters. The highest BCUT2D eigenvalue weighted by molar-refractivity contribution is 6.38. The monoisotopic (exact) mass is 907 g/mol. The molecule has 3 aromatic carbocycles. The standard InChI is InChI=1S/C49H61N7O10/c1-10-17-35(43(58)45(60)50-27-40(57)53-42(46(61)55(7)8)31-20-15-12-16-21-31)52-44(59)38-25-33(28-56(38)47(62)41(29(2)3)54-48(63)66-49(4,5)6)65-39-26-36(30-18-13-11-14-19-30)51-37-24-32(64-9)22-23-34(37)39/h11-16,18-24,26,29,33,35,38,41-42H,10,17,25,27-28H2,1-9H3,(H,50,60)(H,52,59)(H,53,57)(H,54,63)/t33-,35?,38+,41+,42+/m1/s1. The van der Waals surface area contributed by atoms with Gasteiger partial charge in [-0.15, -0.1) is 0 Å². The number of benzene rings is 3. The minimum Gasteiger partial charge on any atom is -0.497 e. The molecule has 1 aliphatic heterocycles. The van der Waals surface area contributed by atoms with Crippen LogP contribution in [0.4, 0.5) is 4.79 Å². The van der Waals surface area contributed by atoms with Gasteiger partial charge >= 0.3 is 6.09 Å². The van der Waals surface area contributed by atoms with E-state index in [1.807, 2.05) is 36.4 Å². The van der Waals surface area contributed by atoms with Crippen molar-refractivity contribution in [2.45, 2.75) is 96.7 Å². The largest absolute Gasteiger partial charge is 0.497 e. The Morgan fingerprint density at radius 3 is 2.15 bits per heavy atom. The first kappa shape index (κ1) is 50.0. The van der Waals surface area contributed by atoms with E-state index in [9.17, 15) is 33.6 Å². The van der Waals surface area contributed by atoms with Gasteiger partial charge in [-0.2, -0.15) is 0 Å². The van der Waals surface area contributed by atoms with E-state index in [2.05, 4.69) is 21.3 Å². The highest BCUT2D eigenvalue weighted by Crippen LogP contribution is 2.35. The van der Waals surface area contributed by atoms with Gasteiger partial charge in [0, 0.05) is 43.6 Å². The molecule has 66 heavy (non-hydrogen) atoms. The van der Waals surface area contributed by atoms with Crippen LogP contribution in [0.25, 0.3) is 22.2 Å². The van der Waals surface area contributed by atoms with Gasteiger partial charge in [0.2, 0.25) is 29.4 Å². The number of ether oxygens (including phenoxy) is 3. The molecule has 0 bridgehead atoms. The average molecular weight is 908 g/mol. The number of aromatic nitrogens is 1. The molecule has 17 heteroatoms. The second-order valence-electron chi connectivity index (χ2n) is 17.6. The third-order valence-electron chi connectivity index (χ3n) is 10.8. The second-order valence-corrected chi connectivity index (χ2v) is 17.6. The molecule has 352 valence electrons. The summed E-state index contributed by atoms with van der Waals surface area (Å²) in [5.74, 6) is -4.00. The number of alkyl carbamates (subject to hydrolysis) is 1. The van der Waals surface area contributed by atoms with Crippen LogP contribution < -0.4 is 30.7 Å².